The van der Waals surface area contributed by atoms with E-state index >= 15 is 0 Å². The fourth-order valence-electron chi connectivity index (χ4n) is 3.98. The zero-order chi connectivity index (χ0) is 15.5. The third-order valence-electron chi connectivity index (χ3n) is 5.10. The van der Waals surface area contributed by atoms with Crippen LogP contribution in [0.2, 0.25) is 0 Å². The van der Waals surface area contributed by atoms with Crippen LogP contribution in [0.5, 0.6) is 0 Å². The molecular weight excluding hydrogens is 288 g/mol. The molecule has 0 aromatic rings. The molecule has 0 radical (unpaired) electrons. The van der Waals surface area contributed by atoms with Gasteiger partial charge in [0.25, 0.3) is 0 Å². The normalized spacial score (nSPS) is 28.6. The highest BCUT2D eigenvalue weighted by Crippen LogP contribution is 2.38. The van der Waals surface area contributed by atoms with Crippen LogP contribution in [0.3, 0.4) is 0 Å². The lowest BCUT2D eigenvalue weighted by molar-refractivity contribution is -0.0583. The fraction of sp³-hybridized carbons (Fsp3) is 1.00. The Hall–Kier alpha value is -0.170. The first-order valence-corrected chi connectivity index (χ1v) is 10.1. The second kappa shape index (κ2) is 6.94. The Balaban J connectivity index is 1.96. The number of rotatable bonds is 6. The summed E-state index contributed by atoms with van der Waals surface area (Å²) in [5.41, 5.74) is 6.33. The van der Waals surface area contributed by atoms with Crippen molar-refractivity contribution in [2.24, 2.45) is 11.7 Å². The van der Waals surface area contributed by atoms with Crippen molar-refractivity contribution in [1.29, 1.82) is 0 Å². The van der Waals surface area contributed by atoms with Gasteiger partial charge < -0.3 is 10.5 Å². The zero-order valence-electron chi connectivity index (χ0n) is 13.4. The molecule has 5 nitrogen and oxygen atoms in total. The predicted octanol–water partition coefficient (Wildman–Crippen LogP) is 1.72. The Kier molecular flexibility index (Phi) is 5.68. The highest BCUT2D eigenvalue weighted by molar-refractivity contribution is 7.88. The number of piperidine rings is 1. The molecule has 2 aliphatic rings. The Morgan fingerprint density at radius 3 is 2.57 bits per heavy atom. The molecule has 6 heteroatoms. The lowest BCUT2D eigenvalue weighted by Gasteiger charge is -2.39. The predicted molar refractivity (Wildman–Crippen MR) is 84.6 cm³/mol. The van der Waals surface area contributed by atoms with Crippen molar-refractivity contribution in [3.8, 4) is 0 Å². The number of hydrogen-bond acceptors (Lipinski definition) is 4. The average molecular weight is 318 g/mol. The lowest BCUT2D eigenvalue weighted by atomic mass is 9.83. The molecule has 2 unspecified atom stereocenters. The first-order chi connectivity index (χ1) is 9.87. The summed E-state index contributed by atoms with van der Waals surface area (Å²) in [4.78, 5) is 0. The summed E-state index contributed by atoms with van der Waals surface area (Å²) < 4.78 is 31.1. The molecule has 0 aromatic carbocycles. The molecule has 1 saturated heterocycles. The van der Waals surface area contributed by atoms with E-state index in [-0.39, 0.29) is 11.6 Å². The minimum Gasteiger partial charge on any atom is -0.374 e. The summed E-state index contributed by atoms with van der Waals surface area (Å²) >= 11 is 0. The molecule has 2 atom stereocenters. The molecule has 0 amide bonds. The molecule has 0 bridgehead atoms. The molecular formula is C15H30N2O3S. The number of hydrogen-bond donors (Lipinski definition) is 1. The second-order valence-electron chi connectivity index (χ2n) is 6.68. The van der Waals surface area contributed by atoms with Gasteiger partial charge in [0.2, 0.25) is 10.0 Å². The third-order valence-corrected chi connectivity index (χ3v) is 6.37. The number of nitrogens with two attached hydrogens (primary N) is 1. The molecule has 2 N–H and O–H groups in total. The van der Waals surface area contributed by atoms with Crippen LogP contribution in [0.25, 0.3) is 0 Å². The summed E-state index contributed by atoms with van der Waals surface area (Å²) in [6.45, 7) is 4.00. The van der Waals surface area contributed by atoms with Gasteiger partial charge in [0.15, 0.2) is 0 Å². The maximum absolute atomic E-state index is 11.7. The maximum atomic E-state index is 11.7. The van der Waals surface area contributed by atoms with Gasteiger partial charge in [0.05, 0.1) is 11.9 Å². The Labute approximate surface area is 129 Å². The van der Waals surface area contributed by atoms with E-state index in [0.717, 1.165) is 32.1 Å². The van der Waals surface area contributed by atoms with E-state index in [1.165, 1.54) is 19.1 Å². The molecule has 0 aromatic heterocycles. The van der Waals surface area contributed by atoms with Crippen LogP contribution in [0, 0.1) is 5.92 Å². The number of sulfonamides is 1. The van der Waals surface area contributed by atoms with E-state index in [2.05, 4.69) is 0 Å². The van der Waals surface area contributed by atoms with Crippen molar-refractivity contribution in [1.82, 2.24) is 4.31 Å². The van der Waals surface area contributed by atoms with Crippen LogP contribution in [-0.4, -0.2) is 50.3 Å². The van der Waals surface area contributed by atoms with E-state index in [1.54, 1.807) is 4.31 Å². The van der Waals surface area contributed by atoms with Crippen LogP contribution >= 0.6 is 0 Å². The topological polar surface area (TPSA) is 72.6 Å². The first-order valence-electron chi connectivity index (χ1n) is 8.22. The van der Waals surface area contributed by atoms with Crippen molar-refractivity contribution in [3.63, 3.8) is 0 Å². The Morgan fingerprint density at radius 1 is 1.33 bits per heavy atom. The summed E-state index contributed by atoms with van der Waals surface area (Å²) in [5.74, 6) is 0.362. The highest BCUT2D eigenvalue weighted by Gasteiger charge is 2.41. The van der Waals surface area contributed by atoms with Gasteiger partial charge in [0, 0.05) is 25.7 Å². The minimum atomic E-state index is -3.08. The number of nitrogens with zero attached hydrogens (tertiary/aromatic N) is 1. The minimum absolute atomic E-state index is 0.0180. The molecule has 2 fully saturated rings. The summed E-state index contributed by atoms with van der Waals surface area (Å²) in [7, 11) is -3.08. The average Bonchev–Trinajstić information content (AvgIpc) is 2.88. The van der Waals surface area contributed by atoms with Gasteiger partial charge in [-0.1, -0.05) is 12.8 Å². The molecule has 2 rings (SSSR count). The third kappa shape index (κ3) is 4.18. The van der Waals surface area contributed by atoms with Crippen LogP contribution in [0.1, 0.15) is 51.9 Å². The number of ether oxygens (including phenoxy) is 1. The van der Waals surface area contributed by atoms with Crippen molar-refractivity contribution >= 4 is 10.0 Å². The maximum Gasteiger partial charge on any atom is 0.211 e. The van der Waals surface area contributed by atoms with Gasteiger partial charge in [-0.3, -0.25) is 0 Å². The summed E-state index contributed by atoms with van der Waals surface area (Å²) in [6.07, 6.45) is 8.64. The summed E-state index contributed by atoms with van der Waals surface area (Å²) in [5, 5.41) is 0. The van der Waals surface area contributed by atoms with E-state index in [0.29, 0.717) is 25.6 Å². The molecule has 1 aliphatic heterocycles. The standard InChI is InChI=1S/C15H30N2O3S/c1-3-20-15(8-4-5-9-15)14(16)11-13-7-6-10-17(12-13)21(2,18)19/h13-14H,3-12,16H2,1-2H3. The van der Waals surface area contributed by atoms with E-state index < -0.39 is 10.0 Å². The monoisotopic (exact) mass is 318 g/mol. The SMILES string of the molecule is CCOC1(C(N)CC2CCCN(S(C)(=O)=O)C2)CCCC1. The molecule has 124 valence electrons. The molecule has 21 heavy (non-hydrogen) atoms. The highest BCUT2D eigenvalue weighted by atomic mass is 32.2. The smallest absolute Gasteiger partial charge is 0.211 e. The fourth-order valence-corrected chi connectivity index (χ4v) is 4.92. The first kappa shape index (κ1) is 17.2. The van der Waals surface area contributed by atoms with Gasteiger partial charge in [-0.25, -0.2) is 12.7 Å². The van der Waals surface area contributed by atoms with Gasteiger partial charge in [0.1, 0.15) is 0 Å². The largest absolute Gasteiger partial charge is 0.374 e. The van der Waals surface area contributed by atoms with Gasteiger partial charge >= 0.3 is 0 Å². The molecule has 1 aliphatic carbocycles. The van der Waals surface area contributed by atoms with E-state index in [9.17, 15) is 8.42 Å². The van der Waals surface area contributed by atoms with E-state index in [1.807, 2.05) is 6.92 Å². The van der Waals surface area contributed by atoms with Crippen LogP contribution < -0.4 is 5.73 Å². The van der Waals surface area contributed by atoms with Crippen molar-refractivity contribution in [2.75, 3.05) is 26.0 Å². The molecule has 1 saturated carbocycles. The second-order valence-corrected chi connectivity index (χ2v) is 8.66. The van der Waals surface area contributed by atoms with Crippen molar-refractivity contribution in [2.45, 2.75) is 63.5 Å². The lowest BCUT2D eigenvalue weighted by Crippen LogP contribution is -2.50. The van der Waals surface area contributed by atoms with Gasteiger partial charge in [-0.2, -0.15) is 0 Å². The van der Waals surface area contributed by atoms with Gasteiger partial charge in [-0.15, -0.1) is 0 Å². The van der Waals surface area contributed by atoms with Crippen LogP contribution in [-0.2, 0) is 14.8 Å². The van der Waals surface area contributed by atoms with Crippen LogP contribution in [0.15, 0.2) is 0 Å². The van der Waals surface area contributed by atoms with Crippen molar-refractivity contribution < 1.29 is 13.2 Å². The molecule has 1 heterocycles. The quantitative estimate of drug-likeness (QED) is 0.809. The zero-order valence-corrected chi connectivity index (χ0v) is 14.2. The van der Waals surface area contributed by atoms with Crippen molar-refractivity contribution in [3.05, 3.63) is 0 Å². The Bertz CT molecular complexity index is 432. The van der Waals surface area contributed by atoms with Crippen LogP contribution in [0.4, 0.5) is 0 Å². The Morgan fingerprint density at radius 2 is 2.00 bits per heavy atom. The van der Waals surface area contributed by atoms with E-state index in [4.69, 9.17) is 10.5 Å². The summed E-state index contributed by atoms with van der Waals surface area (Å²) in [6, 6.07) is 0.0180. The molecule has 0 spiro atoms. The van der Waals surface area contributed by atoms with Gasteiger partial charge in [-0.05, 0) is 44.9 Å².